The molecule has 2 heterocycles. The summed E-state index contributed by atoms with van der Waals surface area (Å²) in [6, 6.07) is 4.13. The molecule has 1 N–H and O–H groups in total. The molecular formula is C17H17FN4O5S. The second kappa shape index (κ2) is 8.30. The first-order valence-corrected chi connectivity index (χ1v) is 9.19. The lowest BCUT2D eigenvalue weighted by Crippen LogP contribution is -2.33. The van der Waals surface area contributed by atoms with Gasteiger partial charge in [-0.05, 0) is 36.7 Å². The molecule has 1 aromatic heterocycles. The van der Waals surface area contributed by atoms with E-state index in [1.807, 2.05) is 0 Å². The van der Waals surface area contributed by atoms with Crippen LogP contribution in [-0.2, 0) is 14.3 Å². The van der Waals surface area contributed by atoms with E-state index >= 15 is 0 Å². The van der Waals surface area contributed by atoms with Crippen LogP contribution in [0, 0.1) is 5.82 Å². The van der Waals surface area contributed by atoms with Crippen molar-refractivity contribution in [3.05, 3.63) is 29.0 Å². The second-order valence-electron chi connectivity index (χ2n) is 5.86. The molecule has 1 saturated heterocycles. The summed E-state index contributed by atoms with van der Waals surface area (Å²) in [7, 11) is 0. The molecule has 0 aliphatic carbocycles. The van der Waals surface area contributed by atoms with Crippen molar-refractivity contribution in [3.63, 3.8) is 0 Å². The van der Waals surface area contributed by atoms with E-state index < -0.39 is 24.0 Å². The highest BCUT2D eigenvalue weighted by Crippen LogP contribution is 2.28. The van der Waals surface area contributed by atoms with Gasteiger partial charge < -0.3 is 14.8 Å². The monoisotopic (exact) mass is 408 g/mol. The summed E-state index contributed by atoms with van der Waals surface area (Å²) in [5.41, 5.74) is 0.398. The van der Waals surface area contributed by atoms with Gasteiger partial charge in [-0.15, -0.1) is 0 Å². The lowest BCUT2D eigenvalue weighted by Gasteiger charge is -2.14. The maximum absolute atomic E-state index is 14.6. The van der Waals surface area contributed by atoms with Crippen molar-refractivity contribution in [2.24, 2.45) is 0 Å². The van der Waals surface area contributed by atoms with Crippen LogP contribution in [-0.4, -0.2) is 53.1 Å². The molecule has 9 nitrogen and oxygen atoms in total. The average Bonchev–Trinajstić information content (AvgIpc) is 3.27. The number of nitrogens with zero attached hydrogens (tertiary/aromatic N) is 3. The predicted molar refractivity (Wildman–Crippen MR) is 97.6 cm³/mol. The average molecular weight is 408 g/mol. The summed E-state index contributed by atoms with van der Waals surface area (Å²) in [4.78, 5) is 40.0. The second-order valence-corrected chi connectivity index (χ2v) is 6.61. The Hall–Kier alpha value is -3.08. The SMILES string of the molecule is CCOC(=O)c1nc(-c2ccc(N3C[C@H](CNC(C)=O)OC3=O)cc2F)ns1. The lowest BCUT2D eigenvalue weighted by molar-refractivity contribution is -0.119. The minimum atomic E-state index is -0.649. The zero-order valence-corrected chi connectivity index (χ0v) is 15.9. The molecule has 1 aromatic carbocycles. The number of benzene rings is 1. The van der Waals surface area contributed by atoms with E-state index in [1.165, 1.54) is 30.0 Å². The first-order chi connectivity index (χ1) is 13.4. The van der Waals surface area contributed by atoms with Gasteiger partial charge in [-0.25, -0.2) is 19.0 Å². The van der Waals surface area contributed by atoms with Crippen LogP contribution < -0.4 is 10.2 Å². The number of nitrogens with one attached hydrogen (secondary N) is 1. The molecule has 0 spiro atoms. The third-order valence-electron chi connectivity index (χ3n) is 3.83. The molecule has 148 valence electrons. The Labute approximate surface area is 163 Å². The summed E-state index contributed by atoms with van der Waals surface area (Å²) in [5.74, 6) is -1.44. The van der Waals surface area contributed by atoms with Gasteiger partial charge in [0.2, 0.25) is 10.9 Å². The molecule has 3 rings (SSSR count). The largest absolute Gasteiger partial charge is 0.461 e. The third-order valence-corrected chi connectivity index (χ3v) is 4.53. The number of aromatic nitrogens is 2. The van der Waals surface area contributed by atoms with Crippen LogP contribution in [0.25, 0.3) is 11.4 Å². The Morgan fingerprint density at radius 3 is 2.93 bits per heavy atom. The number of amides is 2. The van der Waals surface area contributed by atoms with Gasteiger partial charge in [-0.1, -0.05) is 0 Å². The van der Waals surface area contributed by atoms with Crippen LogP contribution in [0.15, 0.2) is 18.2 Å². The highest BCUT2D eigenvalue weighted by Gasteiger charge is 2.33. The molecule has 1 aliphatic heterocycles. The molecule has 0 unspecified atom stereocenters. The number of hydrogen-bond acceptors (Lipinski definition) is 8. The Bertz CT molecular complexity index is 919. The molecule has 2 amide bonds. The van der Waals surface area contributed by atoms with E-state index in [9.17, 15) is 18.8 Å². The Morgan fingerprint density at radius 2 is 2.25 bits per heavy atom. The molecule has 11 heteroatoms. The number of carbonyl (C=O) groups excluding carboxylic acids is 3. The molecule has 0 radical (unpaired) electrons. The van der Waals surface area contributed by atoms with Crippen LogP contribution in [0.4, 0.5) is 14.9 Å². The van der Waals surface area contributed by atoms with Gasteiger partial charge in [-0.2, -0.15) is 4.37 Å². The number of ether oxygens (including phenoxy) is 2. The van der Waals surface area contributed by atoms with Crippen molar-refractivity contribution < 1.29 is 28.2 Å². The quantitative estimate of drug-likeness (QED) is 0.728. The smallest absolute Gasteiger partial charge is 0.414 e. The summed E-state index contributed by atoms with van der Waals surface area (Å²) in [6.07, 6.45) is -1.15. The molecule has 1 fully saturated rings. The molecule has 1 atom stereocenters. The van der Waals surface area contributed by atoms with Gasteiger partial charge in [0.25, 0.3) is 0 Å². The van der Waals surface area contributed by atoms with Crippen molar-refractivity contribution in [2.45, 2.75) is 20.0 Å². The molecule has 28 heavy (non-hydrogen) atoms. The summed E-state index contributed by atoms with van der Waals surface area (Å²) >= 11 is 0.818. The van der Waals surface area contributed by atoms with Gasteiger partial charge in [0, 0.05) is 6.92 Å². The van der Waals surface area contributed by atoms with Crippen LogP contribution >= 0.6 is 11.5 Å². The highest BCUT2D eigenvalue weighted by atomic mass is 32.1. The number of cyclic esters (lactones) is 1. The fourth-order valence-corrected chi connectivity index (χ4v) is 3.13. The number of esters is 1. The minimum absolute atomic E-state index is 0.0317. The standard InChI is InChI=1S/C17H17FN4O5S/c1-3-26-16(24)15-20-14(21-28-15)12-5-4-10(6-13(12)18)22-8-11(27-17(22)25)7-19-9(2)23/h4-6,11H,3,7-8H2,1-2H3,(H,19,23)/t11-/m0/s1. The van der Waals surface area contributed by atoms with Crippen LogP contribution in [0.1, 0.15) is 23.6 Å². The van der Waals surface area contributed by atoms with E-state index in [2.05, 4.69) is 14.7 Å². The molecule has 1 aliphatic rings. The number of anilines is 1. The first kappa shape index (κ1) is 19.7. The highest BCUT2D eigenvalue weighted by molar-refractivity contribution is 7.07. The van der Waals surface area contributed by atoms with Gasteiger partial charge in [0.15, 0.2) is 5.82 Å². The molecular weight excluding hydrogens is 391 g/mol. The zero-order valence-electron chi connectivity index (χ0n) is 15.1. The van der Waals surface area contributed by atoms with Crippen LogP contribution in [0.2, 0.25) is 0 Å². The lowest BCUT2D eigenvalue weighted by atomic mass is 10.1. The van der Waals surface area contributed by atoms with Crippen LogP contribution in [0.3, 0.4) is 0 Å². The minimum Gasteiger partial charge on any atom is -0.461 e. The number of carbonyl (C=O) groups is 3. The predicted octanol–water partition coefficient (Wildman–Crippen LogP) is 1.98. The fraction of sp³-hybridized carbons (Fsp3) is 0.353. The normalized spacial score (nSPS) is 16.0. The van der Waals surface area contributed by atoms with Crippen LogP contribution in [0.5, 0.6) is 0 Å². The maximum atomic E-state index is 14.6. The van der Waals surface area contributed by atoms with Crippen molar-refractivity contribution in [2.75, 3.05) is 24.6 Å². The van der Waals surface area contributed by atoms with Gasteiger partial charge in [0.1, 0.15) is 11.9 Å². The van der Waals surface area contributed by atoms with Crippen molar-refractivity contribution >= 4 is 35.2 Å². The molecule has 2 aromatic rings. The third kappa shape index (κ3) is 4.25. The summed E-state index contributed by atoms with van der Waals surface area (Å²) < 4.78 is 28.6. The van der Waals surface area contributed by atoms with Gasteiger partial charge in [0.05, 0.1) is 30.9 Å². The van der Waals surface area contributed by atoms with E-state index in [4.69, 9.17) is 9.47 Å². The molecule has 0 saturated carbocycles. The van der Waals surface area contributed by atoms with Crippen molar-refractivity contribution in [1.29, 1.82) is 0 Å². The van der Waals surface area contributed by atoms with E-state index in [0.717, 1.165) is 11.5 Å². The Balaban J connectivity index is 1.75. The van der Waals surface area contributed by atoms with E-state index in [1.54, 1.807) is 6.92 Å². The summed E-state index contributed by atoms with van der Waals surface area (Å²) in [5, 5.41) is 2.60. The summed E-state index contributed by atoms with van der Waals surface area (Å²) in [6.45, 7) is 3.59. The zero-order chi connectivity index (χ0) is 20.3. The van der Waals surface area contributed by atoms with Gasteiger partial charge in [-0.3, -0.25) is 9.69 Å². The Morgan fingerprint density at radius 1 is 1.46 bits per heavy atom. The van der Waals surface area contributed by atoms with Gasteiger partial charge >= 0.3 is 12.1 Å². The maximum Gasteiger partial charge on any atom is 0.414 e. The topological polar surface area (TPSA) is 111 Å². The number of hydrogen-bond donors (Lipinski definition) is 1. The van der Waals surface area contributed by atoms with Crippen molar-refractivity contribution in [1.82, 2.24) is 14.7 Å². The molecule has 0 bridgehead atoms. The Kier molecular flexibility index (Phi) is 5.83. The number of halogens is 1. The van der Waals surface area contributed by atoms with Crippen molar-refractivity contribution in [3.8, 4) is 11.4 Å². The fourth-order valence-electron chi connectivity index (χ4n) is 2.56. The first-order valence-electron chi connectivity index (χ1n) is 8.42. The number of rotatable bonds is 6. The van der Waals surface area contributed by atoms with E-state index in [0.29, 0.717) is 5.69 Å². The van der Waals surface area contributed by atoms with E-state index in [-0.39, 0.29) is 42.0 Å².